The largest absolute Gasteiger partial charge is 0.412 e. The normalized spacial score (nSPS) is 28.1. The molecule has 1 fully saturated rings. The van der Waals surface area contributed by atoms with Crippen LogP contribution < -0.4 is 0 Å². The van der Waals surface area contributed by atoms with Crippen molar-refractivity contribution < 1.29 is 18.0 Å². The lowest BCUT2D eigenvalue weighted by Gasteiger charge is -2.32. The second-order valence-corrected chi connectivity index (χ2v) is 5.14. The maximum atomic E-state index is 12.4. The predicted octanol–water partition coefficient (Wildman–Crippen LogP) is 4.03. The highest BCUT2D eigenvalue weighted by Gasteiger charge is 2.36. The van der Waals surface area contributed by atoms with Crippen molar-refractivity contribution in [2.75, 3.05) is 0 Å². The Hall–Kier alpha value is -0.800. The molecule has 0 aromatic heterocycles. The second kappa shape index (κ2) is 4.83. The van der Waals surface area contributed by atoms with Gasteiger partial charge in [0.25, 0.3) is 0 Å². The molecule has 0 N–H and O–H groups in total. The van der Waals surface area contributed by atoms with E-state index in [2.05, 4.69) is 0 Å². The number of hydrogen-bond acceptors (Lipinski definition) is 1. The van der Waals surface area contributed by atoms with Crippen LogP contribution in [-0.2, 0) is 4.79 Å². The van der Waals surface area contributed by atoms with Gasteiger partial charge >= 0.3 is 6.18 Å². The maximum absolute atomic E-state index is 12.4. The first kappa shape index (κ1) is 12.7. The predicted molar refractivity (Wildman–Crippen MR) is 58.4 cm³/mol. The molecule has 4 heteroatoms. The van der Waals surface area contributed by atoms with Crippen LogP contribution >= 0.6 is 0 Å². The maximum Gasteiger partial charge on any atom is 0.412 e. The minimum atomic E-state index is -4.15. The van der Waals surface area contributed by atoms with Crippen LogP contribution in [0.5, 0.6) is 0 Å². The monoisotopic (exact) mass is 246 g/mol. The van der Waals surface area contributed by atoms with E-state index in [1.807, 2.05) is 0 Å². The van der Waals surface area contributed by atoms with Crippen molar-refractivity contribution in [3.63, 3.8) is 0 Å². The molecule has 2 aliphatic carbocycles. The topological polar surface area (TPSA) is 17.1 Å². The molecule has 0 spiro atoms. The van der Waals surface area contributed by atoms with Gasteiger partial charge in [-0.2, -0.15) is 13.2 Å². The highest BCUT2D eigenvalue weighted by atomic mass is 19.4. The van der Waals surface area contributed by atoms with E-state index >= 15 is 0 Å². The summed E-state index contributed by atoms with van der Waals surface area (Å²) in [4.78, 5) is 11.1. The number of carbonyl (C=O) groups excluding carboxylic acids is 1. The van der Waals surface area contributed by atoms with Crippen LogP contribution in [0.25, 0.3) is 0 Å². The molecule has 96 valence electrons. The Morgan fingerprint density at radius 2 is 1.59 bits per heavy atom. The Morgan fingerprint density at radius 1 is 1.00 bits per heavy atom. The fraction of sp³-hybridized carbons (Fsp3) is 0.769. The van der Waals surface area contributed by atoms with E-state index in [1.54, 1.807) is 0 Å². The molecule has 0 aromatic carbocycles. The second-order valence-electron chi connectivity index (χ2n) is 5.14. The number of carbonyl (C=O) groups is 1. The summed E-state index contributed by atoms with van der Waals surface area (Å²) in [5.74, 6) is 1.12. The first-order chi connectivity index (χ1) is 7.97. The number of ketones is 1. The SMILES string of the molecule is O=C1CCC(C2CC=C(C(F)(F)F)CC2)CC1. The van der Waals surface area contributed by atoms with Crippen LogP contribution in [-0.4, -0.2) is 12.0 Å². The van der Waals surface area contributed by atoms with E-state index in [0.29, 0.717) is 43.3 Å². The smallest absolute Gasteiger partial charge is 0.300 e. The molecule has 0 radical (unpaired) electrons. The standard InChI is InChI=1S/C13H17F3O/c14-13(15,16)11-5-1-9(2-6-11)10-3-7-12(17)8-4-10/h5,9-10H,1-4,6-8H2. The van der Waals surface area contributed by atoms with E-state index < -0.39 is 6.18 Å². The molecular formula is C13H17F3O. The summed E-state index contributed by atoms with van der Waals surface area (Å²) in [5, 5.41) is 0. The Labute approximate surface area is 99.1 Å². The summed E-state index contributed by atoms with van der Waals surface area (Å²) in [6.07, 6.45) is 1.53. The average molecular weight is 246 g/mol. The molecule has 1 saturated carbocycles. The first-order valence-electron chi connectivity index (χ1n) is 6.24. The molecule has 1 unspecified atom stereocenters. The molecule has 0 amide bonds. The zero-order valence-corrected chi connectivity index (χ0v) is 9.72. The molecule has 2 rings (SSSR count). The molecule has 0 aliphatic heterocycles. The summed E-state index contributed by atoms with van der Waals surface area (Å²) < 4.78 is 37.3. The van der Waals surface area contributed by atoms with Gasteiger partial charge in [-0.15, -0.1) is 0 Å². The van der Waals surface area contributed by atoms with Crippen LogP contribution in [0.1, 0.15) is 44.9 Å². The number of alkyl halides is 3. The number of rotatable bonds is 1. The minimum Gasteiger partial charge on any atom is -0.300 e. The Morgan fingerprint density at radius 3 is 2.06 bits per heavy atom. The molecule has 0 saturated heterocycles. The van der Waals surface area contributed by atoms with Gasteiger partial charge in [0.05, 0.1) is 0 Å². The van der Waals surface area contributed by atoms with Crippen LogP contribution in [0.3, 0.4) is 0 Å². The number of hydrogen-bond donors (Lipinski definition) is 0. The van der Waals surface area contributed by atoms with Gasteiger partial charge in [-0.1, -0.05) is 6.08 Å². The van der Waals surface area contributed by atoms with Crippen LogP contribution in [0, 0.1) is 11.8 Å². The fourth-order valence-corrected chi connectivity index (χ4v) is 2.97. The summed E-state index contributed by atoms with van der Waals surface area (Å²) in [7, 11) is 0. The number of allylic oxidation sites excluding steroid dienone is 2. The summed E-state index contributed by atoms with van der Waals surface area (Å²) in [5.41, 5.74) is -0.361. The lowest BCUT2D eigenvalue weighted by atomic mass is 9.73. The van der Waals surface area contributed by atoms with Crippen LogP contribution in [0.2, 0.25) is 0 Å². The van der Waals surface area contributed by atoms with E-state index in [-0.39, 0.29) is 12.0 Å². The first-order valence-corrected chi connectivity index (χ1v) is 6.24. The van der Waals surface area contributed by atoms with Crippen molar-refractivity contribution in [3.8, 4) is 0 Å². The van der Waals surface area contributed by atoms with Gasteiger partial charge in [-0.3, -0.25) is 4.79 Å². The number of Topliss-reactive ketones (excluding diaryl/α,β-unsaturated/α-hetero) is 1. The van der Waals surface area contributed by atoms with Gasteiger partial charge in [-0.25, -0.2) is 0 Å². The number of halogens is 3. The van der Waals surface area contributed by atoms with Crippen molar-refractivity contribution in [1.82, 2.24) is 0 Å². The van der Waals surface area contributed by atoms with Crippen molar-refractivity contribution in [3.05, 3.63) is 11.6 Å². The molecule has 0 heterocycles. The summed E-state index contributed by atoms with van der Waals surface area (Å²) >= 11 is 0. The van der Waals surface area contributed by atoms with E-state index in [4.69, 9.17) is 0 Å². The van der Waals surface area contributed by atoms with Crippen LogP contribution in [0.4, 0.5) is 13.2 Å². The van der Waals surface area contributed by atoms with Crippen molar-refractivity contribution in [2.45, 2.75) is 51.1 Å². The van der Waals surface area contributed by atoms with Gasteiger partial charge < -0.3 is 0 Å². The fourth-order valence-electron chi connectivity index (χ4n) is 2.97. The van der Waals surface area contributed by atoms with Gasteiger partial charge in [0.2, 0.25) is 0 Å². The highest BCUT2D eigenvalue weighted by molar-refractivity contribution is 5.79. The summed E-state index contributed by atoms with van der Waals surface area (Å²) in [6, 6.07) is 0. The Bertz CT molecular complexity index is 320. The quantitative estimate of drug-likeness (QED) is 0.638. The third-order valence-corrected chi connectivity index (χ3v) is 4.07. The zero-order valence-electron chi connectivity index (χ0n) is 9.72. The lowest BCUT2D eigenvalue weighted by Crippen LogP contribution is -2.25. The van der Waals surface area contributed by atoms with Gasteiger partial charge in [-0.05, 0) is 43.9 Å². The van der Waals surface area contributed by atoms with Crippen LogP contribution in [0.15, 0.2) is 11.6 Å². The van der Waals surface area contributed by atoms with Gasteiger partial charge in [0.15, 0.2) is 0 Å². The molecule has 0 aromatic rings. The third-order valence-electron chi connectivity index (χ3n) is 4.07. The van der Waals surface area contributed by atoms with E-state index in [0.717, 1.165) is 12.8 Å². The van der Waals surface area contributed by atoms with Gasteiger partial charge in [0.1, 0.15) is 5.78 Å². The van der Waals surface area contributed by atoms with Crippen molar-refractivity contribution in [1.29, 1.82) is 0 Å². The average Bonchev–Trinajstić information content (AvgIpc) is 2.29. The molecule has 1 atom stereocenters. The molecule has 2 aliphatic rings. The minimum absolute atomic E-state index is 0.151. The molecular weight excluding hydrogens is 229 g/mol. The van der Waals surface area contributed by atoms with Crippen molar-refractivity contribution >= 4 is 5.78 Å². The molecule has 17 heavy (non-hydrogen) atoms. The van der Waals surface area contributed by atoms with Gasteiger partial charge in [0, 0.05) is 18.4 Å². The lowest BCUT2D eigenvalue weighted by molar-refractivity contribution is -0.121. The zero-order chi connectivity index (χ0) is 12.5. The van der Waals surface area contributed by atoms with Crippen molar-refractivity contribution in [2.24, 2.45) is 11.8 Å². The Balaban J connectivity index is 1.90. The van der Waals surface area contributed by atoms with E-state index in [1.165, 1.54) is 6.08 Å². The molecule has 1 nitrogen and oxygen atoms in total. The highest BCUT2D eigenvalue weighted by Crippen LogP contribution is 2.40. The summed E-state index contributed by atoms with van der Waals surface area (Å²) in [6.45, 7) is 0. The van der Waals surface area contributed by atoms with E-state index in [9.17, 15) is 18.0 Å². The molecule has 0 bridgehead atoms. The third kappa shape index (κ3) is 3.11. The Kier molecular flexibility index (Phi) is 3.59.